The summed E-state index contributed by atoms with van der Waals surface area (Å²) in [6, 6.07) is -3.68. The molecule has 0 aromatic carbocycles. The number of urea groups is 1. The van der Waals surface area contributed by atoms with Gasteiger partial charge in [0, 0.05) is 45.6 Å². The lowest BCUT2D eigenvalue weighted by Gasteiger charge is -2.27. The highest BCUT2D eigenvalue weighted by Gasteiger charge is 2.24. The highest BCUT2D eigenvalue weighted by Crippen LogP contribution is 2.10. The lowest BCUT2D eigenvalue weighted by Crippen LogP contribution is -2.51. The molecular formula is C27H49N5O8. The van der Waals surface area contributed by atoms with Crippen molar-refractivity contribution >= 4 is 29.8 Å². The number of carboxylic acids is 3. The third kappa shape index (κ3) is 18.4. The van der Waals surface area contributed by atoms with Crippen LogP contribution in [-0.2, 0) is 19.2 Å². The first kappa shape index (κ1) is 35.1. The van der Waals surface area contributed by atoms with Gasteiger partial charge in [0.1, 0.15) is 12.1 Å². The van der Waals surface area contributed by atoms with E-state index in [4.69, 9.17) is 10.2 Å². The molecule has 40 heavy (non-hydrogen) atoms. The number of carboxylic acid groups (broad SMARTS) is 3. The van der Waals surface area contributed by atoms with Crippen molar-refractivity contribution < 1.29 is 39.3 Å². The van der Waals surface area contributed by atoms with E-state index in [0.29, 0.717) is 25.8 Å². The van der Waals surface area contributed by atoms with Gasteiger partial charge in [-0.2, -0.15) is 0 Å². The molecule has 1 rings (SSSR count). The molecule has 1 heterocycles. The van der Waals surface area contributed by atoms with Crippen LogP contribution in [0.25, 0.3) is 0 Å². The molecule has 1 aliphatic rings. The Morgan fingerprint density at radius 2 is 1.23 bits per heavy atom. The summed E-state index contributed by atoms with van der Waals surface area (Å²) < 4.78 is 0. The molecule has 0 aromatic rings. The van der Waals surface area contributed by atoms with Crippen molar-refractivity contribution in [3.8, 4) is 0 Å². The van der Waals surface area contributed by atoms with Gasteiger partial charge in [-0.1, -0.05) is 38.5 Å². The molecule has 2 atom stereocenters. The van der Waals surface area contributed by atoms with Crippen LogP contribution >= 0.6 is 0 Å². The van der Waals surface area contributed by atoms with Gasteiger partial charge < -0.3 is 41.5 Å². The van der Waals surface area contributed by atoms with Crippen molar-refractivity contribution in [1.29, 1.82) is 0 Å². The van der Waals surface area contributed by atoms with Gasteiger partial charge in [0.15, 0.2) is 0 Å². The summed E-state index contributed by atoms with van der Waals surface area (Å²) in [6.45, 7) is 6.13. The number of rotatable bonds is 23. The van der Waals surface area contributed by atoms with Crippen molar-refractivity contribution in [2.24, 2.45) is 0 Å². The third-order valence-corrected chi connectivity index (χ3v) is 6.93. The second kappa shape index (κ2) is 21.8. The van der Waals surface area contributed by atoms with Gasteiger partial charge in [0.05, 0.1) is 0 Å². The second-order valence-corrected chi connectivity index (χ2v) is 10.3. The molecule has 0 aliphatic carbocycles. The molecule has 0 aromatic heterocycles. The van der Waals surface area contributed by atoms with Crippen LogP contribution < -0.4 is 21.3 Å². The lowest BCUT2D eigenvalue weighted by molar-refractivity contribution is -0.140. The van der Waals surface area contributed by atoms with Crippen LogP contribution in [-0.4, -0.2) is 101 Å². The molecule has 0 bridgehead atoms. The van der Waals surface area contributed by atoms with Crippen LogP contribution in [0, 0.1) is 0 Å². The van der Waals surface area contributed by atoms with E-state index in [1.54, 1.807) is 0 Å². The zero-order valence-electron chi connectivity index (χ0n) is 23.6. The summed E-state index contributed by atoms with van der Waals surface area (Å²) in [7, 11) is 0. The first-order chi connectivity index (χ1) is 19.2. The molecule has 1 fully saturated rings. The number of amides is 3. The van der Waals surface area contributed by atoms with Crippen LogP contribution in [0.5, 0.6) is 0 Å². The summed E-state index contributed by atoms with van der Waals surface area (Å²) in [5, 5.41) is 37.6. The number of aliphatic carboxylic acids is 3. The Balaban J connectivity index is 2.04. The SMILES string of the molecule is O=C(O)CCC(NC(=O)N[C@@H](CCCCNC(=O)CCCCCCCCCCN1CCNCC1)C(=O)O)C(=O)O. The number of nitrogens with one attached hydrogen (secondary N) is 4. The molecule has 1 saturated heterocycles. The lowest BCUT2D eigenvalue weighted by atomic mass is 10.1. The molecule has 0 saturated carbocycles. The van der Waals surface area contributed by atoms with Crippen LogP contribution in [0.4, 0.5) is 4.79 Å². The van der Waals surface area contributed by atoms with Crippen molar-refractivity contribution in [3.05, 3.63) is 0 Å². The monoisotopic (exact) mass is 571 g/mol. The maximum Gasteiger partial charge on any atom is 0.326 e. The van der Waals surface area contributed by atoms with E-state index in [0.717, 1.165) is 45.4 Å². The quantitative estimate of drug-likeness (QED) is 0.0887. The van der Waals surface area contributed by atoms with Crippen molar-refractivity contribution in [2.75, 3.05) is 39.3 Å². The van der Waals surface area contributed by atoms with Crippen LogP contribution in [0.15, 0.2) is 0 Å². The minimum Gasteiger partial charge on any atom is -0.481 e. The first-order valence-electron chi connectivity index (χ1n) is 14.6. The fraction of sp³-hybridized carbons (Fsp3) is 0.815. The summed E-state index contributed by atoms with van der Waals surface area (Å²) >= 11 is 0. The van der Waals surface area contributed by atoms with Crippen LogP contribution in [0.1, 0.15) is 89.9 Å². The molecule has 13 nitrogen and oxygen atoms in total. The number of unbranched alkanes of at least 4 members (excludes halogenated alkanes) is 8. The van der Waals surface area contributed by atoms with Crippen molar-refractivity contribution in [3.63, 3.8) is 0 Å². The van der Waals surface area contributed by atoms with Gasteiger partial charge in [-0.25, -0.2) is 14.4 Å². The normalized spacial score (nSPS) is 15.1. The summed E-state index contributed by atoms with van der Waals surface area (Å²) in [5.74, 6) is -3.92. The molecule has 13 heteroatoms. The van der Waals surface area contributed by atoms with Crippen LogP contribution in [0.3, 0.4) is 0 Å². The molecular weight excluding hydrogens is 522 g/mol. The Kier molecular flexibility index (Phi) is 19.2. The predicted octanol–water partition coefficient (Wildman–Crippen LogP) is 1.76. The van der Waals surface area contributed by atoms with Gasteiger partial charge in [0.2, 0.25) is 5.91 Å². The number of carbonyl (C=O) groups is 5. The van der Waals surface area contributed by atoms with E-state index in [2.05, 4.69) is 26.2 Å². The minimum absolute atomic E-state index is 0.0266. The molecule has 1 aliphatic heterocycles. The fourth-order valence-electron chi connectivity index (χ4n) is 4.55. The zero-order valence-corrected chi connectivity index (χ0v) is 23.6. The molecule has 3 amide bonds. The molecule has 7 N–H and O–H groups in total. The van der Waals surface area contributed by atoms with E-state index in [9.17, 15) is 29.1 Å². The van der Waals surface area contributed by atoms with Crippen molar-refractivity contribution in [2.45, 2.75) is 102 Å². The number of hydrogen-bond donors (Lipinski definition) is 7. The summed E-state index contributed by atoms with van der Waals surface area (Å²) in [6.07, 6.45) is 10.0. The largest absolute Gasteiger partial charge is 0.481 e. The average molecular weight is 572 g/mol. The standard InChI is InChI=1S/C27H49N5O8/c33-23(12-7-5-3-1-2-4-6-10-18-32-19-16-28-17-20-32)29-15-9-8-11-21(25(36)37)30-27(40)31-22(26(38)39)13-14-24(34)35/h21-22,28H,1-20H2,(H,29,33)(H,34,35)(H,36,37)(H,38,39)(H2,30,31,40)/t21-,22?/m0/s1. The minimum atomic E-state index is -1.45. The summed E-state index contributed by atoms with van der Waals surface area (Å²) in [5.41, 5.74) is 0. The van der Waals surface area contributed by atoms with E-state index in [-0.39, 0.29) is 18.7 Å². The highest BCUT2D eigenvalue weighted by molar-refractivity contribution is 5.86. The number of nitrogens with zero attached hydrogens (tertiary/aromatic N) is 1. The number of piperazine rings is 1. The average Bonchev–Trinajstić information content (AvgIpc) is 2.91. The maximum absolute atomic E-state index is 12.0. The van der Waals surface area contributed by atoms with E-state index < -0.39 is 42.4 Å². The Labute approximate surface area is 236 Å². The van der Waals surface area contributed by atoms with Gasteiger partial charge in [0.25, 0.3) is 0 Å². The molecule has 230 valence electrons. The van der Waals surface area contributed by atoms with E-state index in [1.807, 2.05) is 0 Å². The van der Waals surface area contributed by atoms with E-state index in [1.165, 1.54) is 38.6 Å². The Morgan fingerprint density at radius 3 is 1.80 bits per heavy atom. The molecule has 0 radical (unpaired) electrons. The molecule has 0 spiro atoms. The fourth-order valence-corrected chi connectivity index (χ4v) is 4.55. The topological polar surface area (TPSA) is 197 Å². The highest BCUT2D eigenvalue weighted by atomic mass is 16.4. The predicted molar refractivity (Wildman–Crippen MR) is 149 cm³/mol. The zero-order chi connectivity index (χ0) is 29.6. The summed E-state index contributed by atoms with van der Waals surface area (Å²) in [4.78, 5) is 59.8. The van der Waals surface area contributed by atoms with Gasteiger partial charge >= 0.3 is 23.9 Å². The van der Waals surface area contributed by atoms with Gasteiger partial charge in [-0.15, -0.1) is 0 Å². The third-order valence-electron chi connectivity index (χ3n) is 6.93. The van der Waals surface area contributed by atoms with Crippen molar-refractivity contribution in [1.82, 2.24) is 26.2 Å². The number of carbonyl (C=O) groups excluding carboxylic acids is 2. The second-order valence-electron chi connectivity index (χ2n) is 10.3. The van der Waals surface area contributed by atoms with Gasteiger partial charge in [-0.05, 0) is 45.1 Å². The smallest absolute Gasteiger partial charge is 0.326 e. The Morgan fingerprint density at radius 1 is 0.675 bits per heavy atom. The Hall–Kier alpha value is -2.93. The molecule has 1 unspecified atom stereocenters. The Bertz CT molecular complexity index is 776. The maximum atomic E-state index is 12.0. The van der Waals surface area contributed by atoms with E-state index >= 15 is 0 Å². The van der Waals surface area contributed by atoms with Gasteiger partial charge in [-0.3, -0.25) is 9.59 Å². The van der Waals surface area contributed by atoms with Crippen LogP contribution in [0.2, 0.25) is 0 Å². The number of hydrogen-bond acceptors (Lipinski definition) is 7. The first-order valence-corrected chi connectivity index (χ1v) is 14.6.